The van der Waals surface area contributed by atoms with E-state index in [0.717, 1.165) is 28.4 Å². The molecule has 0 unspecified atom stereocenters. The number of aliphatic carboxylic acids is 1. The maximum atomic E-state index is 10.9. The van der Waals surface area contributed by atoms with Crippen molar-refractivity contribution in [1.82, 2.24) is 0 Å². The van der Waals surface area contributed by atoms with Gasteiger partial charge in [0, 0.05) is 27.6 Å². The summed E-state index contributed by atoms with van der Waals surface area (Å²) in [5.41, 5.74) is 1.68. The highest BCUT2D eigenvalue weighted by Crippen LogP contribution is 2.52. The standard InChI is InChI=1S/C13H14BrClO3/c1-18-7-9-10(14)4-8(5-11(9)15)13(2-3-13)6-12(16)17/h4-5H,2-3,6-7H2,1H3,(H,16,17). The Hall–Kier alpha value is -0.580. The van der Waals surface area contributed by atoms with Gasteiger partial charge >= 0.3 is 5.97 Å². The van der Waals surface area contributed by atoms with Crippen LogP contribution in [0.1, 0.15) is 30.4 Å². The number of carboxylic acid groups (broad SMARTS) is 1. The van der Waals surface area contributed by atoms with E-state index in [-0.39, 0.29) is 11.8 Å². The lowest BCUT2D eigenvalue weighted by Gasteiger charge is -2.16. The zero-order valence-electron chi connectivity index (χ0n) is 10.0. The van der Waals surface area contributed by atoms with Crippen molar-refractivity contribution < 1.29 is 14.6 Å². The number of hydrogen-bond acceptors (Lipinski definition) is 2. The maximum Gasteiger partial charge on any atom is 0.304 e. The normalized spacial score (nSPS) is 16.6. The third-order valence-corrected chi connectivity index (χ3v) is 4.43. The fourth-order valence-electron chi connectivity index (χ4n) is 2.20. The number of halogens is 2. The number of methoxy groups -OCH3 is 1. The van der Waals surface area contributed by atoms with Gasteiger partial charge in [0.1, 0.15) is 0 Å². The van der Waals surface area contributed by atoms with Crippen LogP contribution in [0, 0.1) is 0 Å². The van der Waals surface area contributed by atoms with Crippen LogP contribution in [0.4, 0.5) is 0 Å². The number of hydrogen-bond donors (Lipinski definition) is 1. The highest BCUT2D eigenvalue weighted by atomic mass is 79.9. The van der Waals surface area contributed by atoms with Gasteiger partial charge < -0.3 is 9.84 Å². The van der Waals surface area contributed by atoms with Gasteiger partial charge in [0.2, 0.25) is 0 Å². The summed E-state index contributed by atoms with van der Waals surface area (Å²) in [6.45, 7) is 0.436. The Morgan fingerprint density at radius 1 is 1.56 bits per heavy atom. The number of carbonyl (C=O) groups is 1. The summed E-state index contributed by atoms with van der Waals surface area (Å²) in [4.78, 5) is 10.9. The topological polar surface area (TPSA) is 46.5 Å². The van der Waals surface area contributed by atoms with Crippen molar-refractivity contribution in [2.45, 2.75) is 31.3 Å². The van der Waals surface area contributed by atoms with Crippen LogP contribution in [0.2, 0.25) is 5.02 Å². The minimum Gasteiger partial charge on any atom is -0.481 e. The molecule has 0 spiro atoms. The monoisotopic (exact) mass is 332 g/mol. The van der Waals surface area contributed by atoms with E-state index < -0.39 is 5.97 Å². The number of rotatable bonds is 5. The second-order valence-corrected chi connectivity index (χ2v) is 5.96. The molecule has 3 nitrogen and oxygen atoms in total. The molecule has 1 aliphatic rings. The van der Waals surface area contributed by atoms with Gasteiger partial charge in [-0.25, -0.2) is 0 Å². The molecular formula is C13H14BrClO3. The molecule has 0 radical (unpaired) electrons. The van der Waals surface area contributed by atoms with Crippen molar-refractivity contribution in [3.05, 3.63) is 32.8 Å². The molecule has 0 aliphatic heterocycles. The summed E-state index contributed by atoms with van der Waals surface area (Å²) < 4.78 is 5.96. The van der Waals surface area contributed by atoms with Crippen LogP contribution >= 0.6 is 27.5 Å². The molecule has 1 N–H and O–H groups in total. The molecule has 18 heavy (non-hydrogen) atoms. The van der Waals surface area contributed by atoms with Gasteiger partial charge in [-0.3, -0.25) is 4.79 Å². The predicted molar refractivity (Wildman–Crippen MR) is 73.0 cm³/mol. The van der Waals surface area contributed by atoms with Crippen LogP contribution in [0.25, 0.3) is 0 Å². The van der Waals surface area contributed by atoms with Crippen LogP contribution in [-0.2, 0) is 21.6 Å². The van der Waals surface area contributed by atoms with Crippen LogP contribution in [0.15, 0.2) is 16.6 Å². The Bertz CT molecular complexity index is 460. The van der Waals surface area contributed by atoms with Crippen molar-refractivity contribution in [2.24, 2.45) is 0 Å². The molecule has 1 saturated carbocycles. The molecule has 0 heterocycles. The fraction of sp³-hybridized carbons (Fsp3) is 0.462. The van der Waals surface area contributed by atoms with Gasteiger partial charge in [0.05, 0.1) is 13.0 Å². The number of benzene rings is 1. The Labute approximate surface area is 119 Å². The molecule has 5 heteroatoms. The summed E-state index contributed by atoms with van der Waals surface area (Å²) in [7, 11) is 1.61. The van der Waals surface area contributed by atoms with E-state index in [1.807, 2.05) is 12.1 Å². The van der Waals surface area contributed by atoms with Crippen LogP contribution < -0.4 is 0 Å². The first-order valence-electron chi connectivity index (χ1n) is 5.68. The molecular weight excluding hydrogens is 319 g/mol. The third kappa shape index (κ3) is 2.71. The van der Waals surface area contributed by atoms with E-state index in [9.17, 15) is 4.79 Å². The highest BCUT2D eigenvalue weighted by molar-refractivity contribution is 9.10. The van der Waals surface area contributed by atoms with Crippen LogP contribution in [0.3, 0.4) is 0 Å². The summed E-state index contributed by atoms with van der Waals surface area (Å²) in [6, 6.07) is 3.84. The van der Waals surface area contributed by atoms with Crippen molar-refractivity contribution in [1.29, 1.82) is 0 Å². The third-order valence-electron chi connectivity index (χ3n) is 3.39. The van der Waals surface area contributed by atoms with Crippen molar-refractivity contribution in [3.8, 4) is 0 Å². The smallest absolute Gasteiger partial charge is 0.304 e. The lowest BCUT2D eigenvalue weighted by molar-refractivity contribution is -0.137. The summed E-state index contributed by atoms with van der Waals surface area (Å²) in [6.07, 6.45) is 1.98. The van der Waals surface area contributed by atoms with Crippen LogP contribution in [-0.4, -0.2) is 18.2 Å². The molecule has 1 aliphatic carbocycles. The van der Waals surface area contributed by atoms with E-state index in [2.05, 4.69) is 15.9 Å². The minimum atomic E-state index is -0.763. The molecule has 1 aromatic carbocycles. The van der Waals surface area contributed by atoms with Gasteiger partial charge in [-0.05, 0) is 30.5 Å². The predicted octanol–water partition coefficient (Wildman–Crippen LogP) is 3.76. The maximum absolute atomic E-state index is 10.9. The van der Waals surface area contributed by atoms with Crippen LogP contribution in [0.5, 0.6) is 0 Å². The molecule has 0 aromatic heterocycles. The van der Waals surface area contributed by atoms with E-state index in [0.29, 0.717) is 11.6 Å². The molecule has 0 saturated heterocycles. The summed E-state index contributed by atoms with van der Waals surface area (Å²) in [5, 5.41) is 9.59. The van der Waals surface area contributed by atoms with Crippen molar-refractivity contribution in [3.63, 3.8) is 0 Å². The van der Waals surface area contributed by atoms with Gasteiger partial charge in [-0.15, -0.1) is 0 Å². The largest absolute Gasteiger partial charge is 0.481 e. The Kier molecular flexibility index (Phi) is 3.99. The van der Waals surface area contributed by atoms with E-state index in [1.165, 1.54) is 0 Å². The first-order chi connectivity index (χ1) is 8.48. The summed E-state index contributed by atoms with van der Waals surface area (Å²) >= 11 is 9.70. The molecule has 98 valence electrons. The Morgan fingerprint density at radius 3 is 2.67 bits per heavy atom. The molecule has 0 bridgehead atoms. The molecule has 2 rings (SSSR count). The molecule has 0 amide bonds. The zero-order chi connectivity index (χ0) is 13.3. The average Bonchev–Trinajstić information content (AvgIpc) is 3.03. The molecule has 0 atom stereocenters. The quantitative estimate of drug-likeness (QED) is 0.892. The van der Waals surface area contributed by atoms with Gasteiger partial charge in [-0.2, -0.15) is 0 Å². The van der Waals surface area contributed by atoms with E-state index in [4.69, 9.17) is 21.4 Å². The Balaban J connectivity index is 2.33. The second-order valence-electron chi connectivity index (χ2n) is 4.70. The Morgan fingerprint density at radius 2 is 2.22 bits per heavy atom. The lowest BCUT2D eigenvalue weighted by Crippen LogP contribution is -2.13. The minimum absolute atomic E-state index is 0.166. The van der Waals surface area contributed by atoms with Gasteiger partial charge in [0.15, 0.2) is 0 Å². The SMILES string of the molecule is COCc1c(Cl)cc(C2(CC(=O)O)CC2)cc1Br. The zero-order valence-corrected chi connectivity index (χ0v) is 12.3. The molecule has 1 fully saturated rings. The molecule has 1 aromatic rings. The lowest BCUT2D eigenvalue weighted by atomic mass is 9.92. The second kappa shape index (κ2) is 5.19. The van der Waals surface area contributed by atoms with Crippen molar-refractivity contribution >= 4 is 33.5 Å². The number of ether oxygens (including phenoxy) is 1. The fourth-order valence-corrected chi connectivity index (χ4v) is 3.16. The van der Waals surface area contributed by atoms with Gasteiger partial charge in [0.25, 0.3) is 0 Å². The number of carboxylic acids is 1. The van der Waals surface area contributed by atoms with Gasteiger partial charge in [-0.1, -0.05) is 27.5 Å². The summed E-state index contributed by atoms with van der Waals surface area (Å²) in [5.74, 6) is -0.763. The average molecular weight is 334 g/mol. The van der Waals surface area contributed by atoms with E-state index in [1.54, 1.807) is 7.11 Å². The van der Waals surface area contributed by atoms with E-state index >= 15 is 0 Å². The first-order valence-corrected chi connectivity index (χ1v) is 6.85. The highest BCUT2D eigenvalue weighted by Gasteiger charge is 2.46. The van der Waals surface area contributed by atoms with Crippen molar-refractivity contribution in [2.75, 3.05) is 7.11 Å². The first kappa shape index (κ1) is 13.8.